The van der Waals surface area contributed by atoms with Crippen LogP contribution in [0, 0.1) is 0 Å². The van der Waals surface area contributed by atoms with E-state index in [0.29, 0.717) is 6.04 Å². The van der Waals surface area contributed by atoms with Gasteiger partial charge in [-0.2, -0.15) is 0 Å². The highest BCUT2D eigenvalue weighted by Crippen LogP contribution is 2.27. The second kappa shape index (κ2) is 2.51. The van der Waals surface area contributed by atoms with Gasteiger partial charge in [-0.15, -0.1) is 0 Å². The minimum atomic E-state index is -0.0136. The molecule has 2 aliphatic rings. The fourth-order valence-electron chi connectivity index (χ4n) is 2.02. The van der Waals surface area contributed by atoms with E-state index in [4.69, 9.17) is 0 Å². The molecule has 0 aromatic carbocycles. The van der Waals surface area contributed by atoms with Crippen molar-refractivity contribution in [2.45, 2.75) is 37.8 Å². The molecule has 58 valence electrons. The fraction of sp³-hybridized carbons (Fsp3) is 1.00. The highest BCUT2D eigenvalue weighted by atomic mass is 16.3. The maximum absolute atomic E-state index is 9.48. The van der Waals surface area contributed by atoms with Crippen molar-refractivity contribution in [3.63, 3.8) is 0 Å². The van der Waals surface area contributed by atoms with Crippen LogP contribution < -0.4 is 0 Å². The van der Waals surface area contributed by atoms with Crippen LogP contribution in [0.2, 0.25) is 0 Å². The van der Waals surface area contributed by atoms with Crippen LogP contribution in [0.1, 0.15) is 25.7 Å². The van der Waals surface area contributed by atoms with E-state index in [9.17, 15) is 5.11 Å². The van der Waals surface area contributed by atoms with Gasteiger partial charge in [0.05, 0.1) is 6.10 Å². The molecule has 0 amide bonds. The van der Waals surface area contributed by atoms with Crippen molar-refractivity contribution in [2.75, 3.05) is 13.1 Å². The van der Waals surface area contributed by atoms with Gasteiger partial charge >= 0.3 is 0 Å². The van der Waals surface area contributed by atoms with Crippen molar-refractivity contribution in [3.05, 3.63) is 0 Å². The molecule has 0 aromatic heterocycles. The van der Waals surface area contributed by atoms with Gasteiger partial charge in [-0.25, -0.2) is 0 Å². The zero-order chi connectivity index (χ0) is 6.97. The third-order valence-corrected chi connectivity index (χ3v) is 2.80. The molecule has 1 aliphatic carbocycles. The van der Waals surface area contributed by atoms with Gasteiger partial charge in [0.1, 0.15) is 0 Å². The van der Waals surface area contributed by atoms with E-state index < -0.39 is 0 Å². The SMILES string of the molecule is O[C@@H]1CCC[C@H]1N1CCC1. The molecule has 0 spiro atoms. The first-order chi connectivity index (χ1) is 4.88. The zero-order valence-corrected chi connectivity index (χ0v) is 6.29. The van der Waals surface area contributed by atoms with Crippen molar-refractivity contribution in [1.29, 1.82) is 0 Å². The Morgan fingerprint density at radius 2 is 1.90 bits per heavy atom. The van der Waals surface area contributed by atoms with Gasteiger partial charge in [-0.05, 0) is 38.8 Å². The number of aliphatic hydroxyl groups is 1. The third-order valence-electron chi connectivity index (χ3n) is 2.80. The highest BCUT2D eigenvalue weighted by Gasteiger charge is 2.32. The molecule has 2 heteroatoms. The number of aliphatic hydroxyl groups excluding tert-OH is 1. The minimum absolute atomic E-state index is 0.0136. The lowest BCUT2D eigenvalue weighted by atomic mass is 10.1. The molecule has 2 rings (SSSR count). The predicted molar refractivity (Wildman–Crippen MR) is 39.8 cm³/mol. The summed E-state index contributed by atoms with van der Waals surface area (Å²) in [6.45, 7) is 2.45. The molecule has 1 N–H and O–H groups in total. The first-order valence-corrected chi connectivity index (χ1v) is 4.30. The number of hydrogen-bond acceptors (Lipinski definition) is 2. The van der Waals surface area contributed by atoms with Crippen LogP contribution in [0.5, 0.6) is 0 Å². The molecule has 1 saturated heterocycles. The van der Waals surface area contributed by atoms with Crippen molar-refractivity contribution in [1.82, 2.24) is 4.90 Å². The molecule has 10 heavy (non-hydrogen) atoms. The van der Waals surface area contributed by atoms with Crippen molar-refractivity contribution in [3.8, 4) is 0 Å². The van der Waals surface area contributed by atoms with Crippen molar-refractivity contribution in [2.24, 2.45) is 0 Å². The molecule has 1 saturated carbocycles. The average molecular weight is 141 g/mol. The normalized spacial score (nSPS) is 41.7. The summed E-state index contributed by atoms with van der Waals surface area (Å²) in [6.07, 6.45) is 4.80. The van der Waals surface area contributed by atoms with E-state index in [1.807, 2.05) is 0 Å². The van der Waals surface area contributed by atoms with Crippen molar-refractivity contribution >= 4 is 0 Å². The summed E-state index contributed by atoms with van der Waals surface area (Å²) in [5.41, 5.74) is 0. The summed E-state index contributed by atoms with van der Waals surface area (Å²) in [5, 5.41) is 9.48. The summed E-state index contributed by atoms with van der Waals surface area (Å²) < 4.78 is 0. The summed E-state index contributed by atoms with van der Waals surface area (Å²) in [6, 6.07) is 0.522. The topological polar surface area (TPSA) is 23.5 Å². The van der Waals surface area contributed by atoms with Crippen LogP contribution in [0.15, 0.2) is 0 Å². The Morgan fingerprint density at radius 3 is 2.30 bits per heavy atom. The monoisotopic (exact) mass is 141 g/mol. The maximum atomic E-state index is 9.48. The van der Waals surface area contributed by atoms with Gasteiger partial charge in [-0.1, -0.05) is 0 Å². The van der Waals surface area contributed by atoms with Gasteiger partial charge in [-0.3, -0.25) is 4.90 Å². The number of likely N-dealkylation sites (tertiary alicyclic amines) is 1. The van der Waals surface area contributed by atoms with E-state index in [-0.39, 0.29) is 6.10 Å². The first kappa shape index (κ1) is 6.62. The highest BCUT2D eigenvalue weighted by molar-refractivity contribution is 4.88. The Kier molecular flexibility index (Phi) is 1.66. The molecular formula is C8H15NO. The molecule has 2 fully saturated rings. The van der Waals surface area contributed by atoms with E-state index in [1.54, 1.807) is 0 Å². The standard InChI is InChI=1S/C8H15NO/c10-8-4-1-3-7(8)9-5-2-6-9/h7-8,10H,1-6H2/t7-,8-/m1/s1. The van der Waals surface area contributed by atoms with Crippen LogP contribution >= 0.6 is 0 Å². The average Bonchev–Trinajstić information content (AvgIpc) is 2.12. The smallest absolute Gasteiger partial charge is 0.0695 e. The molecule has 2 nitrogen and oxygen atoms in total. The molecule has 1 aliphatic heterocycles. The molecule has 2 atom stereocenters. The number of hydrogen-bond donors (Lipinski definition) is 1. The maximum Gasteiger partial charge on any atom is 0.0695 e. The van der Waals surface area contributed by atoms with Gasteiger partial charge in [0.2, 0.25) is 0 Å². The molecule has 0 radical (unpaired) electrons. The predicted octanol–water partition coefficient (Wildman–Crippen LogP) is 0.605. The van der Waals surface area contributed by atoms with E-state index in [0.717, 1.165) is 6.42 Å². The van der Waals surface area contributed by atoms with Gasteiger partial charge < -0.3 is 5.11 Å². The Hall–Kier alpha value is -0.0800. The lowest BCUT2D eigenvalue weighted by Gasteiger charge is -2.37. The van der Waals surface area contributed by atoms with Crippen LogP contribution in [0.3, 0.4) is 0 Å². The van der Waals surface area contributed by atoms with E-state index in [2.05, 4.69) is 4.90 Å². The van der Waals surface area contributed by atoms with Crippen LogP contribution in [0.25, 0.3) is 0 Å². The second-order valence-electron chi connectivity index (χ2n) is 3.46. The third kappa shape index (κ3) is 0.956. The van der Waals surface area contributed by atoms with Crippen LogP contribution in [-0.4, -0.2) is 35.2 Å². The number of rotatable bonds is 1. The largest absolute Gasteiger partial charge is 0.391 e. The van der Waals surface area contributed by atoms with Crippen molar-refractivity contribution < 1.29 is 5.11 Å². The zero-order valence-electron chi connectivity index (χ0n) is 6.29. The second-order valence-corrected chi connectivity index (χ2v) is 3.46. The van der Waals surface area contributed by atoms with Crippen LogP contribution in [0.4, 0.5) is 0 Å². The Morgan fingerprint density at radius 1 is 1.10 bits per heavy atom. The quantitative estimate of drug-likeness (QED) is 0.578. The lowest BCUT2D eigenvalue weighted by molar-refractivity contribution is 0.0346. The first-order valence-electron chi connectivity index (χ1n) is 4.30. The summed E-state index contributed by atoms with van der Waals surface area (Å²) >= 11 is 0. The summed E-state index contributed by atoms with van der Waals surface area (Å²) in [4.78, 5) is 2.41. The summed E-state index contributed by atoms with van der Waals surface area (Å²) in [7, 11) is 0. The summed E-state index contributed by atoms with van der Waals surface area (Å²) in [5.74, 6) is 0. The molecule has 1 heterocycles. The lowest BCUT2D eigenvalue weighted by Crippen LogP contribution is -2.48. The molecular weight excluding hydrogens is 126 g/mol. The number of nitrogens with zero attached hydrogens (tertiary/aromatic N) is 1. The van der Waals surface area contributed by atoms with Gasteiger partial charge in [0, 0.05) is 6.04 Å². The van der Waals surface area contributed by atoms with E-state index >= 15 is 0 Å². The molecule has 0 unspecified atom stereocenters. The van der Waals surface area contributed by atoms with Gasteiger partial charge in [0.15, 0.2) is 0 Å². The fourth-order valence-corrected chi connectivity index (χ4v) is 2.02. The molecule has 0 aromatic rings. The van der Waals surface area contributed by atoms with Gasteiger partial charge in [0.25, 0.3) is 0 Å². The van der Waals surface area contributed by atoms with Crippen LogP contribution in [-0.2, 0) is 0 Å². The molecule has 0 bridgehead atoms. The Bertz CT molecular complexity index is 122. The minimum Gasteiger partial charge on any atom is -0.391 e. The van der Waals surface area contributed by atoms with E-state index in [1.165, 1.54) is 32.4 Å². The Balaban J connectivity index is 1.90. The Labute approximate surface area is 61.8 Å².